The Morgan fingerprint density at radius 1 is 1.11 bits per heavy atom. The number of aryl methyl sites for hydroxylation is 3. The molecule has 0 aliphatic carbocycles. The summed E-state index contributed by atoms with van der Waals surface area (Å²) in [5, 5.41) is 7.39. The first-order valence-corrected chi connectivity index (χ1v) is 12.0. The predicted molar refractivity (Wildman–Crippen MR) is 135 cm³/mol. The van der Waals surface area contributed by atoms with Gasteiger partial charge >= 0.3 is 0 Å². The van der Waals surface area contributed by atoms with Gasteiger partial charge in [0, 0.05) is 24.0 Å². The van der Waals surface area contributed by atoms with Crippen molar-refractivity contribution in [1.29, 1.82) is 0 Å². The molecule has 0 unspecified atom stereocenters. The maximum Gasteiger partial charge on any atom is 0.271 e. The minimum absolute atomic E-state index is 0.229. The first kappa shape index (κ1) is 22.8. The number of para-hydroxylation sites is 1. The number of hydrogen-bond acceptors (Lipinski definition) is 6. The molecule has 1 aliphatic rings. The number of nitrogens with zero attached hydrogens (tertiary/aromatic N) is 4. The summed E-state index contributed by atoms with van der Waals surface area (Å²) in [4.78, 5) is 32.4. The van der Waals surface area contributed by atoms with Crippen molar-refractivity contribution < 1.29 is 9.21 Å². The fraction of sp³-hybridized carbons (Fsp3) is 0.231. The zero-order valence-electron chi connectivity index (χ0n) is 20.1. The van der Waals surface area contributed by atoms with E-state index in [4.69, 9.17) is 4.42 Å². The van der Waals surface area contributed by atoms with E-state index in [-0.39, 0.29) is 11.5 Å². The van der Waals surface area contributed by atoms with Gasteiger partial charge in [-0.3, -0.25) is 18.8 Å². The fourth-order valence-corrected chi connectivity index (χ4v) is 5.36. The number of carbonyl (C=O) groups excluding carboxylic acids is 1. The van der Waals surface area contributed by atoms with Crippen LogP contribution in [-0.2, 0) is 11.8 Å². The molecule has 0 saturated heterocycles. The number of fused-ring (bicyclic) bond motifs is 1. The highest BCUT2D eigenvalue weighted by atomic mass is 32.1. The van der Waals surface area contributed by atoms with E-state index in [1.165, 1.54) is 11.3 Å². The summed E-state index contributed by atoms with van der Waals surface area (Å²) in [5.74, 6) is 0.877. The smallest absolute Gasteiger partial charge is 0.271 e. The van der Waals surface area contributed by atoms with E-state index < -0.39 is 6.04 Å². The third-order valence-corrected chi connectivity index (χ3v) is 7.15. The topological polar surface area (TPSA) is 94.4 Å². The summed E-state index contributed by atoms with van der Waals surface area (Å²) in [6, 6.07) is 12.1. The maximum absolute atomic E-state index is 13.7. The SMILES string of the molecule is CC1=C(C(=O)Nc2ccccc2)[C@@H](c2ccc(C)o2)n2c(s/c(=C/c3c(C)nn(C)c3C)c2=O)=N1. The second-order valence-corrected chi connectivity index (χ2v) is 9.57. The van der Waals surface area contributed by atoms with E-state index in [9.17, 15) is 9.59 Å². The van der Waals surface area contributed by atoms with E-state index >= 15 is 0 Å². The first-order chi connectivity index (χ1) is 16.7. The van der Waals surface area contributed by atoms with Crippen LogP contribution in [0.25, 0.3) is 6.08 Å². The lowest BCUT2D eigenvalue weighted by Gasteiger charge is -2.23. The van der Waals surface area contributed by atoms with Crippen molar-refractivity contribution in [2.24, 2.45) is 12.0 Å². The van der Waals surface area contributed by atoms with Gasteiger partial charge in [-0.1, -0.05) is 29.5 Å². The van der Waals surface area contributed by atoms with Crippen molar-refractivity contribution in [2.75, 3.05) is 5.32 Å². The quantitative estimate of drug-likeness (QED) is 0.479. The minimum Gasteiger partial charge on any atom is -0.464 e. The zero-order chi connectivity index (χ0) is 24.9. The van der Waals surface area contributed by atoms with Gasteiger partial charge in [0.25, 0.3) is 11.5 Å². The van der Waals surface area contributed by atoms with Crippen LogP contribution < -0.4 is 20.2 Å². The van der Waals surface area contributed by atoms with Gasteiger partial charge < -0.3 is 9.73 Å². The molecular formula is C26H25N5O3S. The summed E-state index contributed by atoms with van der Waals surface area (Å²) >= 11 is 1.29. The van der Waals surface area contributed by atoms with E-state index in [0.29, 0.717) is 37.8 Å². The Morgan fingerprint density at radius 2 is 1.86 bits per heavy atom. The minimum atomic E-state index is -0.734. The van der Waals surface area contributed by atoms with Crippen molar-refractivity contribution in [2.45, 2.75) is 33.7 Å². The van der Waals surface area contributed by atoms with Crippen LogP contribution in [0.5, 0.6) is 0 Å². The Morgan fingerprint density at radius 3 is 2.49 bits per heavy atom. The lowest BCUT2D eigenvalue weighted by Crippen LogP contribution is -2.40. The first-order valence-electron chi connectivity index (χ1n) is 11.2. The third-order valence-electron chi connectivity index (χ3n) is 6.17. The Kier molecular flexibility index (Phi) is 5.64. The van der Waals surface area contributed by atoms with Crippen LogP contribution in [0, 0.1) is 20.8 Å². The van der Waals surface area contributed by atoms with Gasteiger partial charge in [0.2, 0.25) is 0 Å². The van der Waals surface area contributed by atoms with E-state index in [1.807, 2.05) is 70.3 Å². The molecule has 178 valence electrons. The molecular weight excluding hydrogens is 462 g/mol. The van der Waals surface area contributed by atoms with Crippen LogP contribution in [0.15, 0.2) is 67.9 Å². The number of anilines is 1. The summed E-state index contributed by atoms with van der Waals surface area (Å²) in [6.07, 6.45) is 1.86. The molecule has 1 aliphatic heterocycles. The Labute approximate surface area is 205 Å². The third kappa shape index (κ3) is 3.97. The lowest BCUT2D eigenvalue weighted by molar-refractivity contribution is -0.113. The molecule has 5 rings (SSSR count). The number of allylic oxidation sites excluding steroid dienone is 1. The molecule has 8 nitrogen and oxygen atoms in total. The van der Waals surface area contributed by atoms with E-state index in [1.54, 1.807) is 22.2 Å². The lowest BCUT2D eigenvalue weighted by atomic mass is 10.00. The largest absolute Gasteiger partial charge is 0.464 e. The molecule has 0 radical (unpaired) electrons. The number of furan rings is 1. The molecule has 1 atom stereocenters. The number of carbonyl (C=O) groups is 1. The molecule has 35 heavy (non-hydrogen) atoms. The molecule has 1 amide bonds. The standard InChI is InChI=1S/C26H25N5O3S/c1-14-11-12-20(34-14)23-22(24(32)28-18-9-7-6-8-10-18)16(3)27-26-31(23)25(33)21(35-26)13-19-15(2)29-30(5)17(19)4/h6-13,23H,1-5H3,(H,28,32)/b21-13+/t23-/m1/s1. The number of nitrogens with one attached hydrogen (secondary N) is 1. The van der Waals surface area contributed by atoms with Crippen molar-refractivity contribution in [3.63, 3.8) is 0 Å². The molecule has 0 fully saturated rings. The van der Waals surface area contributed by atoms with Gasteiger partial charge in [-0.25, -0.2) is 4.99 Å². The predicted octanol–water partition coefficient (Wildman–Crippen LogP) is 3.13. The summed E-state index contributed by atoms with van der Waals surface area (Å²) in [6.45, 7) is 7.50. The van der Waals surface area contributed by atoms with Crippen LogP contribution >= 0.6 is 11.3 Å². The summed E-state index contributed by atoms with van der Waals surface area (Å²) in [7, 11) is 1.88. The molecule has 0 bridgehead atoms. The van der Waals surface area contributed by atoms with Crippen LogP contribution in [0.3, 0.4) is 0 Å². The van der Waals surface area contributed by atoms with E-state index in [2.05, 4.69) is 15.4 Å². The number of rotatable bonds is 4. The molecule has 1 N–H and O–H groups in total. The van der Waals surface area contributed by atoms with Crippen molar-refractivity contribution >= 4 is 29.0 Å². The van der Waals surface area contributed by atoms with Crippen LogP contribution in [0.2, 0.25) is 0 Å². The molecule has 1 aromatic carbocycles. The second-order valence-electron chi connectivity index (χ2n) is 8.56. The highest BCUT2D eigenvalue weighted by Gasteiger charge is 2.34. The highest BCUT2D eigenvalue weighted by molar-refractivity contribution is 7.07. The van der Waals surface area contributed by atoms with E-state index in [0.717, 1.165) is 17.0 Å². The van der Waals surface area contributed by atoms with Crippen LogP contribution in [-0.4, -0.2) is 20.3 Å². The normalized spacial score (nSPS) is 15.8. The summed E-state index contributed by atoms with van der Waals surface area (Å²) in [5.41, 5.74) is 4.05. The van der Waals surface area contributed by atoms with Crippen molar-refractivity contribution in [3.05, 3.63) is 102 Å². The van der Waals surface area contributed by atoms with Gasteiger partial charge in [0.05, 0.1) is 21.5 Å². The Balaban J connectivity index is 1.69. The molecule has 0 spiro atoms. The molecule has 9 heteroatoms. The Hall–Kier alpha value is -3.98. The molecule has 4 heterocycles. The number of aromatic nitrogens is 3. The van der Waals surface area contributed by atoms with Gasteiger partial charge in [-0.2, -0.15) is 5.10 Å². The van der Waals surface area contributed by atoms with Crippen LogP contribution in [0.1, 0.15) is 41.4 Å². The van der Waals surface area contributed by atoms with Crippen molar-refractivity contribution in [3.8, 4) is 0 Å². The molecule has 0 saturated carbocycles. The van der Waals surface area contributed by atoms with Crippen LogP contribution in [0.4, 0.5) is 5.69 Å². The average molecular weight is 488 g/mol. The number of benzene rings is 1. The molecule has 3 aromatic heterocycles. The maximum atomic E-state index is 13.7. The number of amides is 1. The van der Waals surface area contributed by atoms with Gasteiger partial charge in [0.15, 0.2) is 4.80 Å². The monoisotopic (exact) mass is 487 g/mol. The average Bonchev–Trinajstić information content (AvgIpc) is 3.45. The number of hydrogen-bond donors (Lipinski definition) is 1. The number of thiazole rings is 1. The van der Waals surface area contributed by atoms with Gasteiger partial charge in [-0.15, -0.1) is 0 Å². The highest BCUT2D eigenvalue weighted by Crippen LogP contribution is 2.31. The zero-order valence-corrected chi connectivity index (χ0v) is 20.9. The van der Waals surface area contributed by atoms with Gasteiger partial charge in [-0.05, 0) is 58.0 Å². The Bertz CT molecular complexity index is 1670. The summed E-state index contributed by atoms with van der Waals surface area (Å²) < 4.78 is 9.82. The fourth-order valence-electron chi connectivity index (χ4n) is 4.33. The second kappa shape index (κ2) is 8.66. The van der Waals surface area contributed by atoms with Crippen molar-refractivity contribution in [1.82, 2.24) is 14.3 Å². The van der Waals surface area contributed by atoms with Gasteiger partial charge in [0.1, 0.15) is 17.6 Å². The molecule has 4 aromatic rings.